The maximum absolute atomic E-state index is 11.0. The monoisotopic (exact) mass is 329 g/mol. The highest BCUT2D eigenvalue weighted by Crippen LogP contribution is 2.25. The van der Waals surface area contributed by atoms with Crippen LogP contribution in [0.2, 0.25) is 0 Å². The third kappa shape index (κ3) is 4.84. The molecule has 19 heavy (non-hydrogen) atoms. The highest BCUT2D eigenvalue weighted by atomic mass is 79.9. The molecule has 1 atom stereocenters. The molecule has 0 heterocycles. The van der Waals surface area contributed by atoms with Crippen molar-refractivity contribution in [3.8, 4) is 5.75 Å². The van der Waals surface area contributed by atoms with Crippen LogP contribution in [-0.4, -0.2) is 35.7 Å². The van der Waals surface area contributed by atoms with Crippen molar-refractivity contribution < 1.29 is 14.6 Å². The van der Waals surface area contributed by atoms with Gasteiger partial charge in [-0.1, -0.05) is 22.9 Å². The van der Waals surface area contributed by atoms with Crippen molar-refractivity contribution in [3.63, 3.8) is 0 Å². The van der Waals surface area contributed by atoms with E-state index in [9.17, 15) is 4.79 Å². The fourth-order valence-corrected chi connectivity index (χ4v) is 2.03. The van der Waals surface area contributed by atoms with Crippen LogP contribution >= 0.6 is 15.9 Å². The number of carboxylic acid groups (broad SMARTS) is 1. The Balaban J connectivity index is 2.85. The van der Waals surface area contributed by atoms with E-state index in [4.69, 9.17) is 9.84 Å². The van der Waals surface area contributed by atoms with E-state index in [1.54, 1.807) is 18.9 Å². The third-order valence-electron chi connectivity index (χ3n) is 2.92. The summed E-state index contributed by atoms with van der Waals surface area (Å²) in [6.45, 7) is 4.92. The number of ether oxygens (including phenoxy) is 1. The SMILES string of the molecule is CCCOc1ccc(Br)cc1CN(C)C(C)C(=O)O. The number of carboxylic acids is 1. The number of nitrogens with zero attached hydrogens (tertiary/aromatic N) is 1. The lowest BCUT2D eigenvalue weighted by Gasteiger charge is -2.22. The summed E-state index contributed by atoms with van der Waals surface area (Å²) >= 11 is 3.43. The first-order chi connectivity index (χ1) is 8.95. The van der Waals surface area contributed by atoms with Gasteiger partial charge < -0.3 is 9.84 Å². The fourth-order valence-electron chi connectivity index (χ4n) is 1.62. The lowest BCUT2D eigenvalue weighted by atomic mass is 10.1. The molecule has 0 saturated heterocycles. The number of hydrogen-bond donors (Lipinski definition) is 1. The Labute approximate surface area is 122 Å². The zero-order valence-corrected chi connectivity index (χ0v) is 13.1. The molecule has 1 aromatic carbocycles. The average Bonchev–Trinajstić information content (AvgIpc) is 2.36. The van der Waals surface area contributed by atoms with Gasteiger partial charge in [-0.15, -0.1) is 0 Å². The lowest BCUT2D eigenvalue weighted by Crippen LogP contribution is -2.35. The van der Waals surface area contributed by atoms with Gasteiger partial charge in [-0.05, 0) is 38.6 Å². The Hall–Kier alpha value is -1.07. The van der Waals surface area contributed by atoms with Gasteiger partial charge >= 0.3 is 5.97 Å². The van der Waals surface area contributed by atoms with Gasteiger partial charge in [0.05, 0.1) is 6.61 Å². The molecule has 1 aromatic rings. The van der Waals surface area contributed by atoms with Crippen molar-refractivity contribution >= 4 is 21.9 Å². The molecule has 5 heteroatoms. The molecule has 0 spiro atoms. The zero-order chi connectivity index (χ0) is 14.4. The van der Waals surface area contributed by atoms with E-state index in [0.717, 1.165) is 22.2 Å². The topological polar surface area (TPSA) is 49.8 Å². The van der Waals surface area contributed by atoms with Crippen molar-refractivity contribution in [2.75, 3.05) is 13.7 Å². The molecule has 0 bridgehead atoms. The molecule has 0 saturated carbocycles. The summed E-state index contributed by atoms with van der Waals surface area (Å²) < 4.78 is 6.65. The minimum atomic E-state index is -0.825. The van der Waals surface area contributed by atoms with Crippen LogP contribution in [0.3, 0.4) is 0 Å². The molecule has 1 rings (SSSR count). The normalized spacial score (nSPS) is 12.5. The van der Waals surface area contributed by atoms with Crippen LogP contribution in [0.25, 0.3) is 0 Å². The van der Waals surface area contributed by atoms with Gasteiger partial charge in [-0.2, -0.15) is 0 Å². The molecule has 1 N–H and O–H groups in total. The van der Waals surface area contributed by atoms with E-state index < -0.39 is 12.0 Å². The van der Waals surface area contributed by atoms with E-state index >= 15 is 0 Å². The molecule has 0 aliphatic heterocycles. The number of likely N-dealkylation sites (N-methyl/N-ethyl adjacent to an activating group) is 1. The molecule has 1 unspecified atom stereocenters. The molecule has 0 aromatic heterocycles. The highest BCUT2D eigenvalue weighted by molar-refractivity contribution is 9.10. The molecule has 0 aliphatic rings. The van der Waals surface area contributed by atoms with Crippen molar-refractivity contribution in [1.29, 1.82) is 0 Å². The number of rotatable bonds is 7. The molecule has 0 radical (unpaired) electrons. The summed E-state index contributed by atoms with van der Waals surface area (Å²) in [5, 5.41) is 9.01. The lowest BCUT2D eigenvalue weighted by molar-refractivity contribution is -0.142. The van der Waals surface area contributed by atoms with Gasteiger partial charge in [-0.25, -0.2) is 0 Å². The number of halogens is 1. The van der Waals surface area contributed by atoms with Crippen molar-refractivity contribution in [1.82, 2.24) is 4.90 Å². The van der Waals surface area contributed by atoms with Crippen molar-refractivity contribution in [2.24, 2.45) is 0 Å². The van der Waals surface area contributed by atoms with E-state index in [1.807, 2.05) is 18.2 Å². The van der Waals surface area contributed by atoms with Crippen LogP contribution < -0.4 is 4.74 Å². The van der Waals surface area contributed by atoms with Gasteiger partial charge in [0.1, 0.15) is 11.8 Å². The predicted octanol–water partition coefficient (Wildman–Crippen LogP) is 3.14. The van der Waals surface area contributed by atoms with Gasteiger partial charge in [0.2, 0.25) is 0 Å². The Morgan fingerprint density at radius 1 is 1.53 bits per heavy atom. The molecular formula is C14H20BrNO3. The van der Waals surface area contributed by atoms with Crippen LogP contribution in [-0.2, 0) is 11.3 Å². The minimum absolute atomic E-state index is 0.530. The second-order valence-corrected chi connectivity index (χ2v) is 5.45. The Kier molecular flexibility index (Phi) is 6.31. The number of benzene rings is 1. The number of carbonyl (C=O) groups is 1. The Morgan fingerprint density at radius 3 is 2.79 bits per heavy atom. The summed E-state index contributed by atoms with van der Waals surface area (Å²) in [5.74, 6) is -0.0111. The molecule has 0 aliphatic carbocycles. The van der Waals surface area contributed by atoms with Crippen LogP contribution in [0, 0.1) is 0 Å². The van der Waals surface area contributed by atoms with Gasteiger partial charge in [-0.3, -0.25) is 9.69 Å². The molecule has 4 nitrogen and oxygen atoms in total. The third-order valence-corrected chi connectivity index (χ3v) is 3.42. The fraction of sp³-hybridized carbons (Fsp3) is 0.500. The summed E-state index contributed by atoms with van der Waals surface area (Å²) in [6.07, 6.45) is 0.941. The Bertz CT molecular complexity index is 437. The van der Waals surface area contributed by atoms with E-state index in [-0.39, 0.29) is 0 Å². The smallest absolute Gasteiger partial charge is 0.320 e. The number of hydrogen-bond acceptors (Lipinski definition) is 3. The first-order valence-electron chi connectivity index (χ1n) is 6.30. The van der Waals surface area contributed by atoms with Crippen molar-refractivity contribution in [3.05, 3.63) is 28.2 Å². The molecule has 0 fully saturated rings. The van der Waals surface area contributed by atoms with E-state index in [2.05, 4.69) is 22.9 Å². The number of aliphatic carboxylic acids is 1. The van der Waals surface area contributed by atoms with E-state index in [0.29, 0.717) is 13.2 Å². The second kappa shape index (κ2) is 7.50. The largest absolute Gasteiger partial charge is 0.493 e. The quantitative estimate of drug-likeness (QED) is 0.834. The summed E-state index contributed by atoms with van der Waals surface area (Å²) in [4.78, 5) is 12.8. The van der Waals surface area contributed by atoms with Gasteiger partial charge in [0.15, 0.2) is 0 Å². The Morgan fingerprint density at radius 2 is 2.21 bits per heavy atom. The molecular weight excluding hydrogens is 310 g/mol. The van der Waals surface area contributed by atoms with Crippen LogP contribution in [0.15, 0.2) is 22.7 Å². The maximum atomic E-state index is 11.0. The summed E-state index contributed by atoms with van der Waals surface area (Å²) in [5.41, 5.74) is 0.985. The summed E-state index contributed by atoms with van der Waals surface area (Å²) in [7, 11) is 1.79. The van der Waals surface area contributed by atoms with E-state index in [1.165, 1.54) is 0 Å². The molecule has 106 valence electrons. The van der Waals surface area contributed by atoms with Crippen LogP contribution in [0.4, 0.5) is 0 Å². The summed E-state index contributed by atoms with van der Waals surface area (Å²) in [6, 6.07) is 5.28. The first kappa shape index (κ1) is 16.0. The highest BCUT2D eigenvalue weighted by Gasteiger charge is 2.18. The van der Waals surface area contributed by atoms with Crippen molar-refractivity contribution in [2.45, 2.75) is 32.9 Å². The van der Waals surface area contributed by atoms with Crippen LogP contribution in [0.1, 0.15) is 25.8 Å². The maximum Gasteiger partial charge on any atom is 0.320 e. The minimum Gasteiger partial charge on any atom is -0.493 e. The van der Waals surface area contributed by atoms with Gasteiger partial charge in [0, 0.05) is 16.6 Å². The first-order valence-corrected chi connectivity index (χ1v) is 7.09. The zero-order valence-electron chi connectivity index (χ0n) is 11.5. The predicted molar refractivity (Wildman–Crippen MR) is 78.5 cm³/mol. The standard InChI is InChI=1S/C14H20BrNO3/c1-4-7-19-13-6-5-12(15)8-11(13)9-16(3)10(2)14(17)18/h5-6,8,10H,4,7,9H2,1-3H3,(H,17,18). The average molecular weight is 330 g/mol. The van der Waals surface area contributed by atoms with Crippen LogP contribution in [0.5, 0.6) is 5.75 Å². The second-order valence-electron chi connectivity index (χ2n) is 4.53. The van der Waals surface area contributed by atoms with Gasteiger partial charge in [0.25, 0.3) is 0 Å². The molecule has 0 amide bonds.